The number of carbonyl (C=O) groups is 3. The summed E-state index contributed by atoms with van der Waals surface area (Å²) >= 11 is -4.99. The van der Waals surface area contributed by atoms with Gasteiger partial charge in [-0.15, -0.1) is 0 Å². The van der Waals surface area contributed by atoms with E-state index in [1.54, 1.807) is 97.9 Å². The number of hydrogen-bond donors (Lipinski definition) is 0. The second-order valence-corrected chi connectivity index (χ2v) is 14.0. The monoisotopic (exact) mass is 512 g/mol. The van der Waals surface area contributed by atoms with E-state index in [0.717, 1.165) is 0 Å². The zero-order valence-electron chi connectivity index (χ0n) is 16.3. The Morgan fingerprint density at radius 1 is 0.567 bits per heavy atom. The summed E-state index contributed by atoms with van der Waals surface area (Å²) in [6.45, 7) is 1.67. The number of carbonyl (C=O) groups excluding carboxylic acids is 3. The molecule has 0 atom stereocenters. The fraction of sp³-hybridized carbons (Fsp3) is 0.0870. The summed E-state index contributed by atoms with van der Waals surface area (Å²) in [5, 5.41) is 0. The molecule has 0 fully saturated rings. The molecule has 0 aliphatic carbocycles. The molecular weight excluding hydrogens is 491 g/mol. The van der Waals surface area contributed by atoms with Crippen LogP contribution in [0.4, 0.5) is 0 Å². The molecule has 0 amide bonds. The Morgan fingerprint density at radius 3 is 1.07 bits per heavy atom. The number of rotatable bonds is 7. The second-order valence-electron chi connectivity index (χ2n) is 6.30. The van der Waals surface area contributed by atoms with Gasteiger partial charge in [0.2, 0.25) is 0 Å². The third kappa shape index (κ3) is 5.48. The molecule has 0 N–H and O–H groups in total. The van der Waals surface area contributed by atoms with Gasteiger partial charge >= 0.3 is 180 Å². The summed E-state index contributed by atoms with van der Waals surface area (Å²) in [4.78, 5) is 38.1. The minimum absolute atomic E-state index is 0.102. The first-order valence-corrected chi connectivity index (χ1v) is 14.9. The Bertz CT molecular complexity index is 876. The van der Waals surface area contributed by atoms with Crippen LogP contribution in [0.15, 0.2) is 91.0 Å². The van der Waals surface area contributed by atoms with Crippen LogP contribution in [0.2, 0.25) is 4.44 Å². The molecule has 0 unspecified atom stereocenters. The van der Waals surface area contributed by atoms with Crippen molar-refractivity contribution >= 4 is 37.5 Å². The predicted octanol–water partition coefficient (Wildman–Crippen LogP) is 4.52. The van der Waals surface area contributed by atoms with Crippen LogP contribution in [0.3, 0.4) is 0 Å². The molecular formula is C23H20O6Sn. The second kappa shape index (κ2) is 10.1. The molecule has 7 heteroatoms. The summed E-state index contributed by atoms with van der Waals surface area (Å²) in [5.41, 5.74) is 0.829. The van der Waals surface area contributed by atoms with E-state index in [0.29, 0.717) is 0 Å². The Morgan fingerprint density at radius 2 is 0.833 bits per heavy atom. The maximum atomic E-state index is 12.7. The van der Waals surface area contributed by atoms with Crippen molar-refractivity contribution in [3.05, 3.63) is 108 Å². The van der Waals surface area contributed by atoms with E-state index >= 15 is 0 Å². The zero-order valence-corrected chi connectivity index (χ0v) is 19.2. The Balaban J connectivity index is 1.90. The maximum absolute atomic E-state index is 12.7. The van der Waals surface area contributed by atoms with Gasteiger partial charge in [-0.3, -0.25) is 0 Å². The van der Waals surface area contributed by atoms with Crippen LogP contribution in [0, 0.1) is 0 Å². The van der Waals surface area contributed by atoms with Crippen molar-refractivity contribution < 1.29 is 23.6 Å². The average Bonchev–Trinajstić information content (AvgIpc) is 2.80. The fourth-order valence-corrected chi connectivity index (χ4v) is 7.62. The molecule has 0 aliphatic rings. The zero-order chi connectivity index (χ0) is 21.4. The Kier molecular flexibility index (Phi) is 7.24. The van der Waals surface area contributed by atoms with E-state index < -0.39 is 37.5 Å². The Hall–Kier alpha value is -3.13. The molecule has 0 aliphatic heterocycles. The first kappa shape index (κ1) is 21.6. The van der Waals surface area contributed by atoms with Crippen molar-refractivity contribution in [2.75, 3.05) is 0 Å². The molecule has 30 heavy (non-hydrogen) atoms. The van der Waals surface area contributed by atoms with Crippen molar-refractivity contribution in [2.24, 2.45) is 0 Å². The molecule has 3 aromatic rings. The van der Waals surface area contributed by atoms with E-state index in [1.165, 1.54) is 0 Å². The quantitative estimate of drug-likeness (QED) is 0.435. The van der Waals surface area contributed by atoms with Crippen molar-refractivity contribution in [1.82, 2.24) is 0 Å². The van der Waals surface area contributed by atoms with Crippen LogP contribution in [0.1, 0.15) is 38.0 Å². The van der Waals surface area contributed by atoms with Gasteiger partial charge in [-0.1, -0.05) is 0 Å². The van der Waals surface area contributed by atoms with Gasteiger partial charge in [0.05, 0.1) is 0 Å². The van der Waals surface area contributed by atoms with Crippen LogP contribution in [0.5, 0.6) is 0 Å². The molecule has 0 spiro atoms. The van der Waals surface area contributed by atoms with Crippen LogP contribution < -0.4 is 0 Å². The van der Waals surface area contributed by atoms with Gasteiger partial charge < -0.3 is 0 Å². The topological polar surface area (TPSA) is 78.9 Å². The molecule has 3 rings (SSSR count). The summed E-state index contributed by atoms with van der Waals surface area (Å²) in [5.74, 6) is -2.10. The molecule has 0 aromatic heterocycles. The third-order valence-corrected chi connectivity index (χ3v) is 10.9. The first-order chi connectivity index (χ1) is 14.5. The fourth-order valence-electron chi connectivity index (χ4n) is 2.60. The van der Waals surface area contributed by atoms with Gasteiger partial charge in [-0.05, 0) is 0 Å². The van der Waals surface area contributed by atoms with E-state index in [1.807, 2.05) is 0 Å². The van der Waals surface area contributed by atoms with E-state index in [-0.39, 0.29) is 21.1 Å². The molecule has 6 nitrogen and oxygen atoms in total. The average molecular weight is 511 g/mol. The summed E-state index contributed by atoms with van der Waals surface area (Å²) in [7, 11) is 0. The van der Waals surface area contributed by atoms with Gasteiger partial charge in [0.1, 0.15) is 0 Å². The van der Waals surface area contributed by atoms with Crippen LogP contribution >= 0.6 is 0 Å². The minimum atomic E-state index is -4.99. The Labute approximate surface area is 179 Å². The molecule has 3 aromatic carbocycles. The van der Waals surface area contributed by atoms with Gasteiger partial charge in [-0.2, -0.15) is 0 Å². The molecule has 0 heterocycles. The third-order valence-electron chi connectivity index (χ3n) is 4.21. The standard InChI is InChI=1S/3C7H6O2.C2H5.Sn/c3*8-7(9)6-4-2-1-3-5-6;1-2;/h3*1-5H,(H,8,9);1H2,2H3;/q;;;;+3/p-3. The van der Waals surface area contributed by atoms with Gasteiger partial charge in [0, 0.05) is 0 Å². The summed E-state index contributed by atoms with van der Waals surface area (Å²) in [6, 6.07) is 24.9. The summed E-state index contributed by atoms with van der Waals surface area (Å²) in [6.07, 6.45) is 0. The SMILES string of the molecule is C[CH2][Sn]([O]C(=O)c1ccccc1)([O]C(=O)c1ccccc1)[O]C(=O)c1ccccc1. The molecule has 0 saturated carbocycles. The van der Waals surface area contributed by atoms with Crippen LogP contribution in [0.25, 0.3) is 0 Å². The summed E-state index contributed by atoms with van der Waals surface area (Å²) < 4.78 is 17.0. The molecule has 152 valence electrons. The van der Waals surface area contributed by atoms with Crippen LogP contribution in [-0.4, -0.2) is 37.5 Å². The van der Waals surface area contributed by atoms with Crippen molar-refractivity contribution in [3.8, 4) is 0 Å². The predicted molar refractivity (Wildman–Crippen MR) is 112 cm³/mol. The van der Waals surface area contributed by atoms with Gasteiger partial charge in [0.25, 0.3) is 0 Å². The first-order valence-electron chi connectivity index (χ1n) is 9.38. The van der Waals surface area contributed by atoms with Crippen LogP contribution in [-0.2, 0) is 9.22 Å². The van der Waals surface area contributed by atoms with Gasteiger partial charge in [0.15, 0.2) is 0 Å². The normalized spacial score (nSPS) is 10.7. The van der Waals surface area contributed by atoms with E-state index in [2.05, 4.69) is 0 Å². The van der Waals surface area contributed by atoms with Crippen molar-refractivity contribution in [3.63, 3.8) is 0 Å². The van der Waals surface area contributed by atoms with Crippen molar-refractivity contribution in [1.29, 1.82) is 0 Å². The van der Waals surface area contributed by atoms with E-state index in [9.17, 15) is 14.4 Å². The molecule has 0 bridgehead atoms. The molecule has 0 radical (unpaired) electrons. The van der Waals surface area contributed by atoms with Crippen molar-refractivity contribution in [2.45, 2.75) is 11.4 Å². The molecule has 0 saturated heterocycles. The van der Waals surface area contributed by atoms with E-state index in [4.69, 9.17) is 9.22 Å². The van der Waals surface area contributed by atoms with Gasteiger partial charge in [-0.25, -0.2) is 0 Å². The number of benzene rings is 3. The number of hydrogen-bond acceptors (Lipinski definition) is 6.